The Hall–Kier alpha value is -2.98. The van der Waals surface area contributed by atoms with E-state index < -0.39 is 5.91 Å². The third-order valence-electron chi connectivity index (χ3n) is 5.84. The molecule has 29 heavy (non-hydrogen) atoms. The molecule has 1 atom stereocenters. The van der Waals surface area contributed by atoms with Gasteiger partial charge in [-0.2, -0.15) is 0 Å². The zero-order chi connectivity index (χ0) is 20.2. The summed E-state index contributed by atoms with van der Waals surface area (Å²) >= 11 is 0. The topological polar surface area (TPSA) is 63.4 Å². The number of nitrogens with zero attached hydrogens (tertiary/aromatic N) is 1. The van der Waals surface area contributed by atoms with Gasteiger partial charge in [-0.3, -0.25) is 14.5 Å². The minimum Gasteiger partial charge on any atom is -0.366 e. The normalized spacial score (nSPS) is 15.9. The molecular weight excluding hydrogens is 360 g/mol. The van der Waals surface area contributed by atoms with Gasteiger partial charge in [0.1, 0.15) is 0 Å². The van der Waals surface area contributed by atoms with Crippen molar-refractivity contribution in [1.82, 2.24) is 4.90 Å². The van der Waals surface area contributed by atoms with E-state index in [1.807, 2.05) is 42.5 Å². The smallest absolute Gasteiger partial charge is 0.248 e. The van der Waals surface area contributed by atoms with Crippen molar-refractivity contribution < 1.29 is 9.59 Å². The maximum atomic E-state index is 13.2. The Morgan fingerprint density at radius 2 is 1.45 bits per heavy atom. The van der Waals surface area contributed by atoms with Crippen LogP contribution in [0.25, 0.3) is 10.8 Å². The Labute approximate surface area is 171 Å². The van der Waals surface area contributed by atoms with E-state index in [2.05, 4.69) is 17.0 Å². The lowest BCUT2D eigenvalue weighted by atomic mass is 9.93. The lowest BCUT2D eigenvalue weighted by Gasteiger charge is -2.34. The number of piperidine rings is 1. The van der Waals surface area contributed by atoms with Gasteiger partial charge in [0.05, 0.1) is 0 Å². The van der Waals surface area contributed by atoms with E-state index >= 15 is 0 Å². The van der Waals surface area contributed by atoms with Crippen molar-refractivity contribution >= 4 is 22.5 Å². The van der Waals surface area contributed by atoms with Gasteiger partial charge in [-0.15, -0.1) is 0 Å². The molecule has 1 aliphatic rings. The fourth-order valence-electron chi connectivity index (χ4n) is 4.23. The molecule has 1 fully saturated rings. The first kappa shape index (κ1) is 19.3. The van der Waals surface area contributed by atoms with Crippen molar-refractivity contribution in [3.8, 4) is 0 Å². The van der Waals surface area contributed by atoms with Crippen molar-refractivity contribution in [3.63, 3.8) is 0 Å². The van der Waals surface area contributed by atoms with Crippen LogP contribution >= 0.6 is 0 Å². The molecule has 1 amide bonds. The second-order valence-corrected chi connectivity index (χ2v) is 7.79. The summed E-state index contributed by atoms with van der Waals surface area (Å²) < 4.78 is 0. The number of ketones is 1. The van der Waals surface area contributed by atoms with E-state index in [0.29, 0.717) is 17.5 Å². The van der Waals surface area contributed by atoms with Crippen LogP contribution in [-0.4, -0.2) is 29.7 Å². The number of carbonyl (C=O) groups is 2. The number of hydrogen-bond donors (Lipinski definition) is 1. The molecule has 2 N–H and O–H groups in total. The first-order valence-corrected chi connectivity index (χ1v) is 10.3. The average molecular weight is 386 g/mol. The lowest BCUT2D eigenvalue weighted by molar-refractivity contribution is 0.0894. The summed E-state index contributed by atoms with van der Waals surface area (Å²) in [5.41, 5.74) is 7.76. The van der Waals surface area contributed by atoms with Crippen LogP contribution in [0.1, 0.15) is 58.0 Å². The number of amides is 1. The number of primary amides is 1. The predicted octanol–water partition coefficient (Wildman–Crippen LogP) is 4.74. The molecule has 4 nitrogen and oxygen atoms in total. The highest BCUT2D eigenvalue weighted by Gasteiger charge is 2.25. The van der Waals surface area contributed by atoms with Gasteiger partial charge in [-0.25, -0.2) is 0 Å². The second-order valence-electron chi connectivity index (χ2n) is 7.79. The number of nitrogens with two attached hydrogens (primary N) is 1. The first-order chi connectivity index (χ1) is 14.1. The minimum absolute atomic E-state index is 0.108. The molecule has 0 aromatic heterocycles. The number of likely N-dealkylation sites (tertiary alicyclic amines) is 1. The molecule has 148 valence electrons. The highest BCUT2D eigenvalue weighted by Crippen LogP contribution is 2.29. The number of Topliss-reactive ketones (excluding diaryl/α,β-unsaturated/α-hetero) is 1. The summed E-state index contributed by atoms with van der Waals surface area (Å²) in [7, 11) is 0. The Bertz CT molecular complexity index is 1020. The van der Waals surface area contributed by atoms with Crippen molar-refractivity contribution in [2.75, 3.05) is 13.1 Å². The second kappa shape index (κ2) is 8.58. The maximum Gasteiger partial charge on any atom is 0.248 e. The molecule has 3 aromatic carbocycles. The van der Waals surface area contributed by atoms with Gasteiger partial charge in [0.15, 0.2) is 5.78 Å². The molecule has 0 spiro atoms. The van der Waals surface area contributed by atoms with Crippen molar-refractivity contribution in [2.24, 2.45) is 5.73 Å². The van der Waals surface area contributed by atoms with E-state index in [1.54, 1.807) is 12.1 Å². The summed E-state index contributed by atoms with van der Waals surface area (Å²) in [5.74, 6) is -0.301. The van der Waals surface area contributed by atoms with Crippen LogP contribution in [0.5, 0.6) is 0 Å². The molecule has 0 aliphatic carbocycles. The fourth-order valence-corrected chi connectivity index (χ4v) is 4.23. The Morgan fingerprint density at radius 3 is 2.10 bits per heavy atom. The molecule has 3 aromatic rings. The van der Waals surface area contributed by atoms with Gasteiger partial charge in [-0.1, -0.05) is 55.0 Å². The quantitative estimate of drug-likeness (QED) is 0.623. The van der Waals surface area contributed by atoms with Gasteiger partial charge in [0.25, 0.3) is 0 Å². The summed E-state index contributed by atoms with van der Waals surface area (Å²) in [6.45, 7) is 2.08. The van der Waals surface area contributed by atoms with Gasteiger partial charge in [0, 0.05) is 23.6 Å². The van der Waals surface area contributed by atoms with E-state index in [1.165, 1.54) is 24.8 Å². The summed E-state index contributed by atoms with van der Waals surface area (Å²) in [6, 6.07) is 21.5. The first-order valence-electron chi connectivity index (χ1n) is 10.3. The molecule has 1 saturated heterocycles. The van der Waals surface area contributed by atoms with Crippen LogP contribution < -0.4 is 5.73 Å². The lowest BCUT2D eigenvalue weighted by Crippen LogP contribution is -2.35. The molecule has 0 bridgehead atoms. The van der Waals surface area contributed by atoms with E-state index in [9.17, 15) is 9.59 Å². The van der Waals surface area contributed by atoms with Gasteiger partial charge < -0.3 is 5.73 Å². The zero-order valence-corrected chi connectivity index (χ0v) is 16.5. The molecular formula is C25H26N2O2. The van der Waals surface area contributed by atoms with E-state index in [0.717, 1.165) is 23.9 Å². The van der Waals surface area contributed by atoms with E-state index in [-0.39, 0.29) is 11.8 Å². The molecule has 4 rings (SSSR count). The summed E-state index contributed by atoms with van der Waals surface area (Å²) in [6.07, 6.45) is 4.12. The Morgan fingerprint density at radius 1 is 0.828 bits per heavy atom. The number of fused-ring (bicyclic) bond motifs is 1. The molecule has 0 radical (unpaired) electrons. The Balaban J connectivity index is 1.59. The third kappa shape index (κ3) is 4.38. The number of rotatable bonds is 6. The van der Waals surface area contributed by atoms with Crippen LogP contribution in [0.15, 0.2) is 66.7 Å². The highest BCUT2D eigenvalue weighted by molar-refractivity contribution is 6.02. The predicted molar refractivity (Wildman–Crippen MR) is 116 cm³/mol. The summed E-state index contributed by atoms with van der Waals surface area (Å²) in [4.78, 5) is 27.0. The zero-order valence-electron chi connectivity index (χ0n) is 16.5. The number of hydrogen-bond acceptors (Lipinski definition) is 3. The fraction of sp³-hybridized carbons (Fsp3) is 0.280. The number of carbonyl (C=O) groups excluding carboxylic acids is 2. The SMILES string of the molecule is NC(=O)c1ccc2cc(C(=O)C[C@@H](c3ccccc3)N3CCCCC3)ccc2c1. The molecule has 1 aliphatic heterocycles. The Kier molecular flexibility index (Phi) is 5.72. The highest BCUT2D eigenvalue weighted by atomic mass is 16.1. The standard InChI is InChI=1S/C25H26N2O2/c26-25(29)22-12-10-19-15-21(11-9-20(19)16-22)24(28)17-23(18-7-3-1-4-8-18)27-13-5-2-6-14-27/h1,3-4,7-12,15-16,23H,2,5-6,13-14,17H2,(H2,26,29)/t23-/m0/s1. The van der Waals surface area contributed by atoms with Crippen LogP contribution in [0.3, 0.4) is 0 Å². The van der Waals surface area contributed by atoms with Crippen LogP contribution in [0.2, 0.25) is 0 Å². The monoisotopic (exact) mass is 386 g/mol. The van der Waals surface area contributed by atoms with Gasteiger partial charge >= 0.3 is 0 Å². The maximum absolute atomic E-state index is 13.2. The van der Waals surface area contributed by atoms with Crippen molar-refractivity contribution in [1.29, 1.82) is 0 Å². The molecule has 4 heteroatoms. The van der Waals surface area contributed by atoms with Crippen LogP contribution in [0.4, 0.5) is 0 Å². The third-order valence-corrected chi connectivity index (χ3v) is 5.84. The average Bonchev–Trinajstić information content (AvgIpc) is 2.77. The summed E-state index contributed by atoms with van der Waals surface area (Å²) in [5, 5.41) is 1.85. The largest absolute Gasteiger partial charge is 0.366 e. The van der Waals surface area contributed by atoms with Crippen LogP contribution in [-0.2, 0) is 0 Å². The minimum atomic E-state index is -0.445. The van der Waals surface area contributed by atoms with Crippen molar-refractivity contribution in [2.45, 2.75) is 31.7 Å². The molecule has 0 saturated carbocycles. The van der Waals surface area contributed by atoms with E-state index in [4.69, 9.17) is 5.73 Å². The van der Waals surface area contributed by atoms with Gasteiger partial charge in [0.2, 0.25) is 5.91 Å². The van der Waals surface area contributed by atoms with Crippen molar-refractivity contribution in [3.05, 3.63) is 83.4 Å². The van der Waals surface area contributed by atoms with Crippen LogP contribution in [0, 0.1) is 0 Å². The molecule has 1 heterocycles. The number of benzene rings is 3. The molecule has 0 unspecified atom stereocenters. The van der Waals surface area contributed by atoms with Gasteiger partial charge in [-0.05, 0) is 60.5 Å².